The topological polar surface area (TPSA) is 132 Å². The summed E-state index contributed by atoms with van der Waals surface area (Å²) in [5, 5.41) is 21.7. The number of aromatic amines is 1. The Bertz CT molecular complexity index is 1130. The molecule has 0 saturated heterocycles. The normalized spacial score (nSPS) is 10.8. The van der Waals surface area contributed by atoms with Crippen molar-refractivity contribution in [3.05, 3.63) is 68.9 Å². The van der Waals surface area contributed by atoms with Crippen molar-refractivity contribution in [1.29, 1.82) is 0 Å². The number of hydrogen-bond donors (Lipinski definition) is 2. The molecule has 0 spiro atoms. The van der Waals surface area contributed by atoms with Gasteiger partial charge < -0.3 is 9.47 Å². The molecule has 0 bridgehead atoms. The summed E-state index contributed by atoms with van der Waals surface area (Å²) in [4.78, 5) is 22.6. The molecule has 30 heavy (non-hydrogen) atoms. The molecule has 0 atom stereocenters. The SMILES string of the molecule is COc1ccc(-c2cc(C(=O)N/N=C/c3cc([N+](=O)[O-])ccc3Cl)[nH]n2)cc1OC. The number of halogens is 1. The quantitative estimate of drug-likeness (QED) is 0.336. The molecule has 10 nitrogen and oxygen atoms in total. The Morgan fingerprint density at radius 1 is 1.20 bits per heavy atom. The predicted molar refractivity (Wildman–Crippen MR) is 110 cm³/mol. The van der Waals surface area contributed by atoms with E-state index in [0.29, 0.717) is 22.8 Å². The zero-order chi connectivity index (χ0) is 21.7. The number of carbonyl (C=O) groups excluding carboxylic acids is 1. The van der Waals surface area contributed by atoms with E-state index in [1.165, 1.54) is 38.6 Å². The number of nitrogens with one attached hydrogen (secondary N) is 2. The number of hydrogen-bond acceptors (Lipinski definition) is 7. The first-order valence-corrected chi connectivity index (χ1v) is 8.86. The number of nitrogens with zero attached hydrogens (tertiary/aromatic N) is 3. The summed E-state index contributed by atoms with van der Waals surface area (Å²) in [5.41, 5.74) is 3.88. The van der Waals surface area contributed by atoms with Crippen molar-refractivity contribution < 1.29 is 19.2 Å². The average Bonchev–Trinajstić information content (AvgIpc) is 3.24. The van der Waals surface area contributed by atoms with E-state index in [0.717, 1.165) is 5.56 Å². The first kappa shape index (κ1) is 20.8. The molecule has 0 aliphatic carbocycles. The van der Waals surface area contributed by atoms with Crippen LogP contribution in [0.25, 0.3) is 11.3 Å². The molecule has 3 aromatic rings. The van der Waals surface area contributed by atoms with Gasteiger partial charge in [-0.15, -0.1) is 0 Å². The zero-order valence-corrected chi connectivity index (χ0v) is 16.6. The van der Waals surface area contributed by atoms with Crippen LogP contribution < -0.4 is 14.9 Å². The molecule has 0 aliphatic rings. The minimum atomic E-state index is -0.549. The lowest BCUT2D eigenvalue weighted by Gasteiger charge is -2.08. The number of aromatic nitrogens is 2. The number of hydrazone groups is 1. The largest absolute Gasteiger partial charge is 0.493 e. The highest BCUT2D eigenvalue weighted by Gasteiger charge is 2.13. The van der Waals surface area contributed by atoms with Crippen LogP contribution in [0.2, 0.25) is 5.02 Å². The number of rotatable bonds is 7. The number of carbonyl (C=O) groups is 1. The molecule has 0 radical (unpaired) electrons. The number of ether oxygens (including phenoxy) is 2. The van der Waals surface area contributed by atoms with Crippen molar-refractivity contribution in [2.75, 3.05) is 14.2 Å². The first-order valence-electron chi connectivity index (χ1n) is 8.48. The second-order valence-corrected chi connectivity index (χ2v) is 6.31. The number of amides is 1. The number of methoxy groups -OCH3 is 2. The van der Waals surface area contributed by atoms with Crippen LogP contribution in [0.5, 0.6) is 11.5 Å². The summed E-state index contributed by atoms with van der Waals surface area (Å²) in [6, 6.07) is 10.7. The third-order valence-electron chi connectivity index (χ3n) is 4.06. The van der Waals surface area contributed by atoms with E-state index in [-0.39, 0.29) is 16.4 Å². The molecule has 11 heteroatoms. The van der Waals surface area contributed by atoms with Gasteiger partial charge in [-0.2, -0.15) is 10.2 Å². The molecular formula is C19H16ClN5O5. The van der Waals surface area contributed by atoms with Gasteiger partial charge in [0.15, 0.2) is 11.5 Å². The summed E-state index contributed by atoms with van der Waals surface area (Å²) < 4.78 is 10.5. The molecule has 0 aliphatic heterocycles. The van der Waals surface area contributed by atoms with E-state index in [1.807, 2.05) is 0 Å². The fourth-order valence-electron chi connectivity index (χ4n) is 2.55. The van der Waals surface area contributed by atoms with Crippen LogP contribution in [0.15, 0.2) is 47.6 Å². The highest BCUT2D eigenvalue weighted by Crippen LogP contribution is 2.31. The Morgan fingerprint density at radius 3 is 2.67 bits per heavy atom. The summed E-state index contributed by atoms with van der Waals surface area (Å²) in [6.07, 6.45) is 1.22. The molecule has 1 amide bonds. The van der Waals surface area contributed by atoms with Gasteiger partial charge in [0.05, 0.1) is 31.1 Å². The van der Waals surface area contributed by atoms with E-state index in [4.69, 9.17) is 21.1 Å². The number of benzene rings is 2. The monoisotopic (exact) mass is 429 g/mol. The Kier molecular flexibility index (Phi) is 6.28. The van der Waals surface area contributed by atoms with E-state index < -0.39 is 10.8 Å². The lowest BCUT2D eigenvalue weighted by molar-refractivity contribution is -0.384. The van der Waals surface area contributed by atoms with Gasteiger partial charge in [-0.05, 0) is 30.3 Å². The minimum Gasteiger partial charge on any atom is -0.493 e. The van der Waals surface area contributed by atoms with E-state index in [9.17, 15) is 14.9 Å². The highest BCUT2D eigenvalue weighted by atomic mass is 35.5. The van der Waals surface area contributed by atoms with Crippen LogP contribution in [-0.2, 0) is 0 Å². The molecule has 1 aromatic heterocycles. The molecule has 0 saturated carbocycles. The van der Waals surface area contributed by atoms with Crippen LogP contribution in [0.1, 0.15) is 16.1 Å². The van der Waals surface area contributed by atoms with E-state index in [1.54, 1.807) is 24.3 Å². The summed E-state index contributed by atoms with van der Waals surface area (Å²) >= 11 is 5.99. The van der Waals surface area contributed by atoms with Crippen LogP contribution in [0, 0.1) is 10.1 Å². The van der Waals surface area contributed by atoms with Gasteiger partial charge in [0.1, 0.15) is 5.69 Å². The second kappa shape index (κ2) is 9.05. The van der Waals surface area contributed by atoms with Crippen LogP contribution in [-0.4, -0.2) is 41.5 Å². The maximum absolute atomic E-state index is 12.3. The van der Waals surface area contributed by atoms with Crippen molar-refractivity contribution in [2.24, 2.45) is 5.10 Å². The Hall–Kier alpha value is -3.92. The second-order valence-electron chi connectivity index (χ2n) is 5.90. The first-order chi connectivity index (χ1) is 14.4. The van der Waals surface area contributed by atoms with Gasteiger partial charge in [0.25, 0.3) is 11.6 Å². The molecule has 0 fully saturated rings. The lowest BCUT2D eigenvalue weighted by Crippen LogP contribution is -2.18. The molecule has 154 valence electrons. The molecule has 3 rings (SSSR count). The molecule has 0 unspecified atom stereocenters. The van der Waals surface area contributed by atoms with E-state index in [2.05, 4.69) is 20.7 Å². The number of nitro groups is 1. The maximum atomic E-state index is 12.3. The van der Waals surface area contributed by atoms with Crippen LogP contribution in [0.3, 0.4) is 0 Å². The van der Waals surface area contributed by atoms with Crippen LogP contribution >= 0.6 is 11.6 Å². The van der Waals surface area contributed by atoms with E-state index >= 15 is 0 Å². The highest BCUT2D eigenvalue weighted by molar-refractivity contribution is 6.33. The van der Waals surface area contributed by atoms with Crippen molar-refractivity contribution >= 4 is 29.4 Å². The average molecular weight is 430 g/mol. The zero-order valence-electron chi connectivity index (χ0n) is 15.9. The van der Waals surface area contributed by atoms with Crippen molar-refractivity contribution in [3.8, 4) is 22.8 Å². The van der Waals surface area contributed by atoms with Crippen LogP contribution in [0.4, 0.5) is 5.69 Å². The number of nitro benzene ring substituents is 1. The lowest BCUT2D eigenvalue weighted by atomic mass is 10.1. The Morgan fingerprint density at radius 2 is 1.97 bits per heavy atom. The van der Waals surface area contributed by atoms with Gasteiger partial charge in [-0.1, -0.05) is 11.6 Å². The molecule has 2 N–H and O–H groups in total. The number of H-pyrrole nitrogens is 1. The van der Waals surface area contributed by atoms with Crippen molar-refractivity contribution in [3.63, 3.8) is 0 Å². The summed E-state index contributed by atoms with van der Waals surface area (Å²) in [6.45, 7) is 0. The maximum Gasteiger partial charge on any atom is 0.289 e. The smallest absolute Gasteiger partial charge is 0.289 e. The predicted octanol–water partition coefficient (Wildman–Crippen LogP) is 3.42. The van der Waals surface area contributed by atoms with Gasteiger partial charge in [0, 0.05) is 28.3 Å². The molecular weight excluding hydrogens is 414 g/mol. The molecule has 2 aromatic carbocycles. The third-order valence-corrected chi connectivity index (χ3v) is 4.41. The fourth-order valence-corrected chi connectivity index (χ4v) is 2.71. The standard InChI is InChI=1S/C19H16ClN5O5/c1-29-17-6-3-11(8-18(17)30-2)15-9-16(23-22-15)19(26)24-21-10-12-7-13(25(27)28)4-5-14(12)20/h3-10H,1-2H3,(H,22,23)(H,24,26)/b21-10+. The Balaban J connectivity index is 1.72. The molecule has 1 heterocycles. The minimum absolute atomic E-state index is 0.139. The fraction of sp³-hybridized carbons (Fsp3) is 0.105. The number of non-ortho nitro benzene ring substituents is 1. The van der Waals surface area contributed by atoms with Crippen molar-refractivity contribution in [2.45, 2.75) is 0 Å². The van der Waals surface area contributed by atoms with Crippen molar-refractivity contribution in [1.82, 2.24) is 15.6 Å². The van der Waals surface area contributed by atoms with Gasteiger partial charge >= 0.3 is 0 Å². The van der Waals surface area contributed by atoms with Gasteiger partial charge in [-0.25, -0.2) is 5.43 Å². The van der Waals surface area contributed by atoms with Gasteiger partial charge in [-0.3, -0.25) is 20.0 Å². The van der Waals surface area contributed by atoms with Gasteiger partial charge in [0.2, 0.25) is 0 Å². The Labute approximate surface area is 175 Å². The third kappa shape index (κ3) is 4.55. The summed E-state index contributed by atoms with van der Waals surface area (Å²) in [7, 11) is 3.06. The summed E-state index contributed by atoms with van der Waals surface area (Å²) in [5.74, 6) is 0.554.